The zero-order valence-electron chi connectivity index (χ0n) is 16.6. The molecular weight excluding hydrogens is 346 g/mol. The molecule has 2 aliphatic rings. The van der Waals surface area contributed by atoms with Gasteiger partial charge < -0.3 is 16.0 Å². The van der Waals surface area contributed by atoms with Gasteiger partial charge in [0.2, 0.25) is 0 Å². The summed E-state index contributed by atoms with van der Waals surface area (Å²) < 4.78 is 0. The molecule has 4 heteroatoms. The van der Waals surface area contributed by atoms with Gasteiger partial charge in [-0.15, -0.1) is 0 Å². The summed E-state index contributed by atoms with van der Waals surface area (Å²) in [6.45, 7) is 6.59. The number of benzene rings is 2. The van der Waals surface area contributed by atoms with Crippen LogP contribution in [0, 0.1) is 5.92 Å². The van der Waals surface area contributed by atoms with Crippen molar-refractivity contribution < 1.29 is 4.79 Å². The van der Waals surface area contributed by atoms with Crippen LogP contribution in [0.25, 0.3) is 10.9 Å². The second-order valence-electron chi connectivity index (χ2n) is 8.91. The lowest BCUT2D eigenvalue weighted by Gasteiger charge is -2.32. The normalized spacial score (nSPS) is 18.9. The number of aromatic nitrogens is 1. The molecule has 1 aliphatic carbocycles. The minimum Gasteiger partial charge on any atom is -0.399 e. The molecule has 1 saturated heterocycles. The summed E-state index contributed by atoms with van der Waals surface area (Å²) in [6.07, 6.45) is 3.48. The molecule has 28 heavy (non-hydrogen) atoms. The Labute approximate surface area is 165 Å². The monoisotopic (exact) mass is 373 g/mol. The quantitative estimate of drug-likeness (QED) is 0.591. The smallest absolute Gasteiger partial charge is 0.195 e. The maximum atomic E-state index is 13.5. The van der Waals surface area contributed by atoms with Crippen LogP contribution < -0.4 is 11.1 Å². The molecule has 0 atom stereocenters. The Morgan fingerprint density at radius 1 is 1.11 bits per heavy atom. The predicted octanol–water partition coefficient (Wildman–Crippen LogP) is 4.16. The minimum atomic E-state index is -0.250. The fourth-order valence-electron chi connectivity index (χ4n) is 5.06. The van der Waals surface area contributed by atoms with E-state index in [1.807, 2.05) is 18.2 Å². The van der Waals surface area contributed by atoms with Crippen molar-refractivity contribution in [2.24, 2.45) is 5.92 Å². The van der Waals surface area contributed by atoms with E-state index in [-0.39, 0.29) is 11.2 Å². The van der Waals surface area contributed by atoms with Crippen LogP contribution in [0.4, 0.5) is 5.69 Å². The van der Waals surface area contributed by atoms with Crippen molar-refractivity contribution in [2.75, 3.05) is 18.8 Å². The van der Waals surface area contributed by atoms with Crippen molar-refractivity contribution in [2.45, 2.75) is 38.5 Å². The predicted molar refractivity (Wildman–Crippen MR) is 114 cm³/mol. The fourth-order valence-corrected chi connectivity index (χ4v) is 5.06. The average Bonchev–Trinajstić information content (AvgIpc) is 3.07. The van der Waals surface area contributed by atoms with Crippen LogP contribution in [-0.2, 0) is 11.8 Å². The van der Waals surface area contributed by atoms with Crippen LogP contribution in [0.3, 0.4) is 0 Å². The Kier molecular flexibility index (Phi) is 3.88. The number of nitrogens with two attached hydrogens (primary N) is 1. The highest BCUT2D eigenvalue weighted by atomic mass is 16.1. The highest BCUT2D eigenvalue weighted by molar-refractivity contribution is 6.20. The summed E-state index contributed by atoms with van der Waals surface area (Å²) >= 11 is 0. The van der Waals surface area contributed by atoms with E-state index in [0.717, 1.165) is 52.8 Å². The van der Waals surface area contributed by atoms with Crippen LogP contribution in [0.5, 0.6) is 0 Å². The number of nitrogen functional groups attached to an aromatic ring is 1. The lowest BCUT2D eigenvalue weighted by Crippen LogP contribution is -2.31. The van der Waals surface area contributed by atoms with Gasteiger partial charge in [0.25, 0.3) is 0 Å². The van der Waals surface area contributed by atoms with E-state index in [9.17, 15) is 4.79 Å². The Balaban J connectivity index is 1.61. The van der Waals surface area contributed by atoms with E-state index >= 15 is 0 Å². The first-order valence-corrected chi connectivity index (χ1v) is 10.3. The van der Waals surface area contributed by atoms with Gasteiger partial charge in [-0.2, -0.15) is 0 Å². The maximum Gasteiger partial charge on any atom is 0.195 e. The molecule has 5 rings (SSSR count). The zero-order valence-corrected chi connectivity index (χ0v) is 16.6. The molecule has 4 N–H and O–H groups in total. The van der Waals surface area contributed by atoms with Gasteiger partial charge in [-0.05, 0) is 67.6 Å². The highest BCUT2D eigenvalue weighted by Crippen LogP contribution is 2.44. The molecule has 144 valence electrons. The molecule has 0 saturated carbocycles. The van der Waals surface area contributed by atoms with E-state index < -0.39 is 0 Å². The van der Waals surface area contributed by atoms with Gasteiger partial charge in [0.1, 0.15) is 0 Å². The van der Waals surface area contributed by atoms with Crippen molar-refractivity contribution in [3.05, 3.63) is 64.3 Å². The number of aromatic amines is 1. The third kappa shape index (κ3) is 2.59. The molecule has 2 heterocycles. The van der Waals surface area contributed by atoms with Gasteiger partial charge in [0, 0.05) is 33.3 Å². The number of nitrogens with one attached hydrogen (secondary N) is 2. The molecule has 1 aromatic heterocycles. The van der Waals surface area contributed by atoms with Crippen LogP contribution in [-0.4, -0.2) is 23.9 Å². The summed E-state index contributed by atoms with van der Waals surface area (Å²) in [7, 11) is 0. The maximum absolute atomic E-state index is 13.5. The van der Waals surface area contributed by atoms with Crippen molar-refractivity contribution in [3.8, 4) is 0 Å². The summed E-state index contributed by atoms with van der Waals surface area (Å²) in [5.74, 6) is 0.838. The van der Waals surface area contributed by atoms with Crippen LogP contribution >= 0.6 is 0 Å². The van der Waals surface area contributed by atoms with E-state index in [4.69, 9.17) is 5.73 Å². The second kappa shape index (κ2) is 6.21. The van der Waals surface area contributed by atoms with Crippen LogP contribution in [0.2, 0.25) is 0 Å². The standard InChI is InChI=1S/C24H27N3O/c1-24(2)19-6-3-15(11-14-7-9-26-10-8-14)12-18(19)22(28)21-17-5-4-16(25)13-20(17)27-23(21)24/h3-6,12-14,26-27H,7-11,25H2,1-2H3. The number of piperidine rings is 1. The number of hydrogen-bond acceptors (Lipinski definition) is 3. The lowest BCUT2D eigenvalue weighted by atomic mass is 9.70. The zero-order chi connectivity index (χ0) is 19.5. The van der Waals surface area contributed by atoms with Gasteiger partial charge in [-0.1, -0.05) is 32.0 Å². The fraction of sp³-hybridized carbons (Fsp3) is 0.375. The third-order valence-electron chi connectivity index (χ3n) is 6.66. The number of carbonyl (C=O) groups is 1. The molecular formula is C24H27N3O. The number of ketones is 1. The first kappa shape index (κ1) is 17.5. The van der Waals surface area contributed by atoms with Gasteiger partial charge >= 0.3 is 0 Å². The second-order valence-corrected chi connectivity index (χ2v) is 8.91. The van der Waals surface area contributed by atoms with Gasteiger partial charge in [0.05, 0.1) is 5.56 Å². The molecule has 0 unspecified atom stereocenters. The van der Waals surface area contributed by atoms with Crippen molar-refractivity contribution in [1.82, 2.24) is 10.3 Å². The van der Waals surface area contributed by atoms with Crippen molar-refractivity contribution >= 4 is 22.4 Å². The molecule has 1 aliphatic heterocycles. The Bertz CT molecular complexity index is 1090. The molecule has 2 aromatic carbocycles. The van der Waals surface area contributed by atoms with E-state index in [0.29, 0.717) is 11.6 Å². The summed E-state index contributed by atoms with van der Waals surface area (Å²) in [6, 6.07) is 12.3. The molecule has 0 spiro atoms. The average molecular weight is 374 g/mol. The third-order valence-corrected chi connectivity index (χ3v) is 6.66. The SMILES string of the molecule is CC1(C)c2ccc(CC3CCNCC3)cc2C(=O)c2c1[nH]c1cc(N)ccc21. The number of hydrogen-bond donors (Lipinski definition) is 3. The number of H-pyrrole nitrogens is 1. The highest BCUT2D eigenvalue weighted by Gasteiger charge is 2.39. The van der Waals surface area contributed by atoms with Crippen LogP contribution in [0.15, 0.2) is 36.4 Å². The van der Waals surface area contributed by atoms with Gasteiger partial charge in [0.15, 0.2) is 5.78 Å². The van der Waals surface area contributed by atoms with Gasteiger partial charge in [-0.25, -0.2) is 0 Å². The molecule has 4 nitrogen and oxygen atoms in total. The Morgan fingerprint density at radius 2 is 1.89 bits per heavy atom. The Hall–Kier alpha value is -2.59. The van der Waals surface area contributed by atoms with Crippen LogP contribution in [0.1, 0.15) is 59.4 Å². The number of fused-ring (bicyclic) bond motifs is 4. The Morgan fingerprint density at radius 3 is 2.68 bits per heavy atom. The first-order chi connectivity index (χ1) is 13.4. The molecule has 0 bridgehead atoms. The summed E-state index contributed by atoms with van der Waals surface area (Å²) in [5.41, 5.74) is 12.4. The molecule has 0 radical (unpaired) electrons. The number of rotatable bonds is 2. The number of carbonyl (C=O) groups excluding carboxylic acids is 1. The van der Waals surface area contributed by atoms with Crippen molar-refractivity contribution in [1.29, 1.82) is 0 Å². The minimum absolute atomic E-state index is 0.132. The first-order valence-electron chi connectivity index (χ1n) is 10.3. The van der Waals surface area contributed by atoms with E-state index in [2.05, 4.69) is 42.3 Å². The number of anilines is 1. The molecule has 0 amide bonds. The molecule has 1 fully saturated rings. The topological polar surface area (TPSA) is 70.9 Å². The lowest BCUT2D eigenvalue weighted by molar-refractivity contribution is 0.103. The summed E-state index contributed by atoms with van der Waals surface area (Å²) in [4.78, 5) is 17.0. The van der Waals surface area contributed by atoms with E-state index in [1.165, 1.54) is 18.4 Å². The molecule has 3 aromatic rings. The van der Waals surface area contributed by atoms with E-state index in [1.54, 1.807) is 0 Å². The van der Waals surface area contributed by atoms with Crippen molar-refractivity contribution in [3.63, 3.8) is 0 Å². The van der Waals surface area contributed by atoms with Gasteiger partial charge in [-0.3, -0.25) is 4.79 Å². The largest absolute Gasteiger partial charge is 0.399 e. The summed E-state index contributed by atoms with van der Waals surface area (Å²) in [5, 5.41) is 4.40.